The minimum atomic E-state index is -0.0953. The van der Waals surface area contributed by atoms with Gasteiger partial charge in [-0.25, -0.2) is 0 Å². The average molecular weight is 274 g/mol. The highest BCUT2D eigenvalue weighted by Gasteiger charge is 2.11. The van der Waals surface area contributed by atoms with Gasteiger partial charge in [-0.05, 0) is 25.1 Å². The van der Waals surface area contributed by atoms with Crippen molar-refractivity contribution in [2.24, 2.45) is 0 Å². The molecular weight excluding hydrogens is 256 g/mol. The van der Waals surface area contributed by atoms with Crippen LogP contribution in [0.5, 0.6) is 11.5 Å². The van der Waals surface area contributed by atoms with Crippen LogP contribution < -0.4 is 10.5 Å². The van der Waals surface area contributed by atoms with Gasteiger partial charge in [-0.2, -0.15) is 5.10 Å². The number of ether oxygens (including phenoxy) is 1. The molecule has 6 heteroatoms. The standard InChI is InChI=1S/C14H18N4O2/c1-4-18-9-11(8-16-18)20-13-6-5-10(7-12(13)15)14(19)17(2)3/h5-9H,4,15H2,1-3H3. The lowest BCUT2D eigenvalue weighted by Crippen LogP contribution is -2.21. The van der Waals surface area contributed by atoms with Gasteiger partial charge in [0.1, 0.15) is 0 Å². The van der Waals surface area contributed by atoms with Gasteiger partial charge in [-0.1, -0.05) is 0 Å². The predicted octanol–water partition coefficient (Wildman–Crippen LogP) is 1.98. The summed E-state index contributed by atoms with van der Waals surface area (Å²) in [6, 6.07) is 5.00. The topological polar surface area (TPSA) is 73.4 Å². The molecule has 0 aliphatic carbocycles. The van der Waals surface area contributed by atoms with E-state index in [0.717, 1.165) is 6.54 Å². The van der Waals surface area contributed by atoms with E-state index in [4.69, 9.17) is 10.5 Å². The van der Waals surface area contributed by atoms with E-state index >= 15 is 0 Å². The predicted molar refractivity (Wildman–Crippen MR) is 76.8 cm³/mol. The number of nitrogens with zero attached hydrogens (tertiary/aromatic N) is 3. The first-order valence-electron chi connectivity index (χ1n) is 6.32. The van der Waals surface area contributed by atoms with Crippen molar-refractivity contribution in [3.8, 4) is 11.5 Å². The highest BCUT2D eigenvalue weighted by Crippen LogP contribution is 2.28. The Morgan fingerprint density at radius 1 is 1.45 bits per heavy atom. The normalized spacial score (nSPS) is 10.3. The summed E-state index contributed by atoms with van der Waals surface area (Å²) >= 11 is 0. The van der Waals surface area contributed by atoms with Gasteiger partial charge in [-0.15, -0.1) is 0 Å². The Morgan fingerprint density at radius 3 is 2.75 bits per heavy atom. The Hall–Kier alpha value is -2.50. The van der Waals surface area contributed by atoms with Crippen LogP contribution in [-0.2, 0) is 6.54 Å². The van der Waals surface area contributed by atoms with Crippen LogP contribution in [0.3, 0.4) is 0 Å². The number of carbonyl (C=O) groups is 1. The number of anilines is 1. The van der Waals surface area contributed by atoms with E-state index in [0.29, 0.717) is 22.7 Å². The Balaban J connectivity index is 2.19. The van der Waals surface area contributed by atoms with Crippen molar-refractivity contribution in [2.75, 3.05) is 19.8 Å². The lowest BCUT2D eigenvalue weighted by atomic mass is 10.1. The first-order chi connectivity index (χ1) is 9.51. The van der Waals surface area contributed by atoms with E-state index in [9.17, 15) is 4.79 Å². The fourth-order valence-corrected chi connectivity index (χ4v) is 1.73. The maximum absolute atomic E-state index is 11.8. The molecule has 0 atom stereocenters. The van der Waals surface area contributed by atoms with Gasteiger partial charge in [0.05, 0.1) is 18.1 Å². The summed E-state index contributed by atoms with van der Waals surface area (Å²) in [4.78, 5) is 13.3. The van der Waals surface area contributed by atoms with E-state index < -0.39 is 0 Å². The maximum atomic E-state index is 11.8. The minimum Gasteiger partial charge on any atom is -0.452 e. The van der Waals surface area contributed by atoms with Crippen LogP contribution in [0.15, 0.2) is 30.6 Å². The molecule has 106 valence electrons. The third-order valence-corrected chi connectivity index (χ3v) is 2.82. The number of nitrogens with two attached hydrogens (primary N) is 1. The summed E-state index contributed by atoms with van der Waals surface area (Å²) in [5.41, 5.74) is 6.87. The lowest BCUT2D eigenvalue weighted by molar-refractivity contribution is 0.0827. The zero-order chi connectivity index (χ0) is 14.7. The number of carbonyl (C=O) groups excluding carboxylic acids is 1. The molecule has 0 aliphatic heterocycles. The second kappa shape index (κ2) is 5.64. The third-order valence-electron chi connectivity index (χ3n) is 2.82. The summed E-state index contributed by atoms with van der Waals surface area (Å²) in [5.74, 6) is 1.03. The van der Waals surface area contributed by atoms with E-state index in [2.05, 4.69) is 5.10 Å². The van der Waals surface area contributed by atoms with Crippen molar-refractivity contribution >= 4 is 11.6 Å². The zero-order valence-electron chi connectivity index (χ0n) is 11.8. The van der Waals surface area contributed by atoms with E-state index in [1.54, 1.807) is 49.4 Å². The van der Waals surface area contributed by atoms with Gasteiger partial charge >= 0.3 is 0 Å². The SMILES string of the molecule is CCn1cc(Oc2ccc(C(=O)N(C)C)cc2N)cn1. The molecule has 6 nitrogen and oxygen atoms in total. The van der Waals surface area contributed by atoms with E-state index in [1.807, 2.05) is 6.92 Å². The molecule has 1 heterocycles. The van der Waals surface area contributed by atoms with Crippen LogP contribution in [0.4, 0.5) is 5.69 Å². The Labute approximate surface area is 117 Å². The molecular formula is C14H18N4O2. The molecule has 0 spiro atoms. The molecule has 2 aromatic rings. The maximum Gasteiger partial charge on any atom is 0.253 e. The molecule has 0 fully saturated rings. The highest BCUT2D eigenvalue weighted by atomic mass is 16.5. The van der Waals surface area contributed by atoms with Crippen molar-refractivity contribution in [3.63, 3.8) is 0 Å². The molecule has 0 aliphatic rings. The number of aromatic nitrogens is 2. The molecule has 2 N–H and O–H groups in total. The first-order valence-corrected chi connectivity index (χ1v) is 6.32. The van der Waals surface area contributed by atoms with Gasteiger partial charge in [-0.3, -0.25) is 9.48 Å². The average Bonchev–Trinajstić information content (AvgIpc) is 2.88. The van der Waals surface area contributed by atoms with Crippen LogP contribution in [0, 0.1) is 0 Å². The minimum absolute atomic E-state index is 0.0953. The highest BCUT2D eigenvalue weighted by molar-refractivity contribution is 5.95. The van der Waals surface area contributed by atoms with Gasteiger partial charge in [0.2, 0.25) is 0 Å². The molecule has 0 saturated heterocycles. The van der Waals surface area contributed by atoms with Crippen molar-refractivity contribution in [3.05, 3.63) is 36.2 Å². The molecule has 0 bridgehead atoms. The summed E-state index contributed by atoms with van der Waals surface area (Å²) in [5, 5.41) is 4.12. The number of amides is 1. The smallest absolute Gasteiger partial charge is 0.253 e. The van der Waals surface area contributed by atoms with Crippen molar-refractivity contribution in [1.82, 2.24) is 14.7 Å². The Morgan fingerprint density at radius 2 is 2.20 bits per heavy atom. The molecule has 20 heavy (non-hydrogen) atoms. The van der Waals surface area contributed by atoms with Crippen LogP contribution in [0.25, 0.3) is 0 Å². The number of benzene rings is 1. The zero-order valence-corrected chi connectivity index (χ0v) is 11.8. The molecule has 1 aromatic heterocycles. The fraction of sp³-hybridized carbons (Fsp3) is 0.286. The Kier molecular flexibility index (Phi) is 3.93. The largest absolute Gasteiger partial charge is 0.452 e. The summed E-state index contributed by atoms with van der Waals surface area (Å²) in [7, 11) is 3.39. The molecule has 0 unspecified atom stereocenters. The Bertz CT molecular complexity index is 619. The van der Waals surface area contributed by atoms with Gasteiger partial charge in [0.25, 0.3) is 5.91 Å². The number of hydrogen-bond acceptors (Lipinski definition) is 4. The first kappa shape index (κ1) is 13.9. The van der Waals surface area contributed by atoms with E-state index in [-0.39, 0.29) is 5.91 Å². The van der Waals surface area contributed by atoms with Crippen molar-refractivity contribution in [1.29, 1.82) is 0 Å². The van der Waals surface area contributed by atoms with Crippen LogP contribution >= 0.6 is 0 Å². The molecule has 2 rings (SSSR count). The van der Waals surface area contributed by atoms with Crippen LogP contribution in [0.2, 0.25) is 0 Å². The second-order valence-electron chi connectivity index (χ2n) is 4.59. The van der Waals surface area contributed by atoms with E-state index in [1.165, 1.54) is 4.90 Å². The molecule has 1 amide bonds. The molecule has 0 saturated carbocycles. The molecule has 0 radical (unpaired) electrons. The van der Waals surface area contributed by atoms with Gasteiger partial charge in [0.15, 0.2) is 11.5 Å². The van der Waals surface area contributed by atoms with Crippen LogP contribution in [-0.4, -0.2) is 34.7 Å². The number of aryl methyl sites for hydroxylation is 1. The van der Waals surface area contributed by atoms with Gasteiger partial charge in [0, 0.05) is 26.2 Å². The second-order valence-corrected chi connectivity index (χ2v) is 4.59. The lowest BCUT2D eigenvalue weighted by Gasteiger charge is -2.12. The number of hydrogen-bond donors (Lipinski definition) is 1. The summed E-state index contributed by atoms with van der Waals surface area (Å²) < 4.78 is 7.41. The quantitative estimate of drug-likeness (QED) is 0.865. The van der Waals surface area contributed by atoms with Crippen molar-refractivity contribution < 1.29 is 9.53 Å². The monoisotopic (exact) mass is 274 g/mol. The number of rotatable bonds is 4. The fourth-order valence-electron chi connectivity index (χ4n) is 1.73. The van der Waals surface area contributed by atoms with Gasteiger partial charge < -0.3 is 15.4 Å². The van der Waals surface area contributed by atoms with Crippen molar-refractivity contribution in [2.45, 2.75) is 13.5 Å². The summed E-state index contributed by atoms with van der Waals surface area (Å²) in [6.45, 7) is 2.77. The molecule has 1 aromatic carbocycles. The van der Waals surface area contributed by atoms with Crippen LogP contribution in [0.1, 0.15) is 17.3 Å². The third kappa shape index (κ3) is 2.90. The number of nitrogen functional groups attached to an aromatic ring is 1. The summed E-state index contributed by atoms with van der Waals surface area (Å²) in [6.07, 6.45) is 3.42.